The Morgan fingerprint density at radius 2 is 0.826 bits per heavy atom. The molecule has 121 heavy (non-hydrogen) atoms. The molecule has 4 atom stereocenters. The third kappa shape index (κ3) is 21.3. The van der Waals surface area contributed by atoms with Crippen molar-refractivity contribution in [2.45, 2.75) is 115 Å². The van der Waals surface area contributed by atoms with Gasteiger partial charge >= 0.3 is 30.5 Å². The highest BCUT2D eigenvalue weighted by Gasteiger charge is 2.37. The zero-order chi connectivity index (χ0) is 85.6. The highest BCUT2D eigenvalue weighted by atomic mass is 19.1. The first kappa shape index (κ1) is 85.6. The maximum Gasteiger partial charge on any atom is 0.414 e. The monoisotopic (exact) mass is 1650 g/mol. The van der Waals surface area contributed by atoms with Crippen LogP contribution in [-0.2, 0) is 56.0 Å². The molecule has 0 radical (unpaired) electrons. The second-order valence-electron chi connectivity index (χ2n) is 31.4. The lowest BCUT2D eigenvalue weighted by molar-refractivity contribution is -0.132. The molecule has 0 bridgehead atoms. The van der Waals surface area contributed by atoms with Crippen LogP contribution in [0.4, 0.5) is 55.5 Å². The number of piperazine rings is 2. The lowest BCUT2D eigenvalue weighted by Crippen LogP contribution is -2.49. The molecule has 30 heteroatoms. The van der Waals surface area contributed by atoms with E-state index in [0.29, 0.717) is 86.2 Å². The number of cyclic esters (lactones) is 2. The molecule has 4 heterocycles. The number of carbonyl (C=O) groups excluding carboxylic acids is 11. The van der Waals surface area contributed by atoms with Gasteiger partial charge in [0.15, 0.2) is 11.6 Å². The smallest absolute Gasteiger partial charge is 0.414 e. The summed E-state index contributed by atoms with van der Waals surface area (Å²) >= 11 is 0. The fourth-order valence-corrected chi connectivity index (χ4v) is 15.6. The fraction of sp³-hybridized carbons (Fsp3) is 0.352. The number of Topliss-reactive ketones (excluding diaryl/α,β-unsaturated/α-hetero) is 2. The molecule has 2 aliphatic carbocycles. The molecule has 7 N–H and O–H groups in total. The number of halogens is 2. The van der Waals surface area contributed by atoms with Crippen LogP contribution in [0.1, 0.15) is 126 Å². The van der Waals surface area contributed by atoms with E-state index in [1.165, 1.54) is 21.9 Å². The van der Waals surface area contributed by atoms with E-state index in [1.807, 2.05) is 82.6 Å². The van der Waals surface area contributed by atoms with Gasteiger partial charge in [0, 0.05) is 121 Å². The number of hydrogen-bond donors (Lipinski definition) is 6. The Bertz CT molecular complexity index is 5100. The summed E-state index contributed by atoms with van der Waals surface area (Å²) in [5, 5.41) is 13.4. The predicted molar refractivity (Wildman–Crippen MR) is 448 cm³/mol. The Kier molecular flexibility index (Phi) is 27.3. The molecule has 28 nitrogen and oxygen atoms in total. The molecule has 6 aliphatic rings. The van der Waals surface area contributed by atoms with Crippen LogP contribution in [0.2, 0.25) is 0 Å². The highest BCUT2D eigenvalue weighted by molar-refractivity contribution is 5.99. The molecule has 14 rings (SSSR count). The number of ketones is 2. The van der Waals surface area contributed by atoms with E-state index in [0.717, 1.165) is 55.6 Å². The minimum atomic E-state index is -0.855. The van der Waals surface area contributed by atoms with Crippen LogP contribution in [0.5, 0.6) is 0 Å². The average Bonchev–Trinajstić information content (AvgIpc) is 1.63. The van der Waals surface area contributed by atoms with E-state index < -0.39 is 83.8 Å². The lowest BCUT2D eigenvalue weighted by Gasteiger charge is -2.36. The number of nitrogens with zero attached hydrogens (tertiary/aromatic N) is 6. The summed E-state index contributed by atoms with van der Waals surface area (Å²) in [6.45, 7) is 12.7. The van der Waals surface area contributed by atoms with Crippen molar-refractivity contribution in [3.8, 4) is 22.3 Å². The Balaban J connectivity index is 0.000000210. The number of benzene rings is 8. The van der Waals surface area contributed by atoms with Gasteiger partial charge in [-0.25, -0.2) is 32.8 Å². The number of amides is 9. The molecule has 4 aliphatic heterocycles. The van der Waals surface area contributed by atoms with Crippen LogP contribution < -0.4 is 51.9 Å². The minimum Gasteiger partial charge on any atom is -0.449 e. The number of ether oxygens (including phenoxy) is 5. The molecular weight excluding hydrogens is 1560 g/mol. The Hall–Kier alpha value is -13.3. The third-order valence-electron chi connectivity index (χ3n) is 22.1. The standard InChI is InChI=1S/C48H53FN6O9.C43H45FN6O7/c1-30(52-46(60)62-29-39-37-11-7-5-9-35(37)36-10-6-8-12-38(36)39)44(58)50-26-31-13-15-32(16-14-31)42(56)19-20-43(57)54-23-21-53(22-24-54)41-18-17-33(25-40(41)49)55-28-34(63-47(55)61)27-51-45(59)64-48(2,3)4;1-27(47-42(54)56-26-36-34-8-4-2-6-32(34)33-7-3-5-9-35(33)36)41(53)46-24-28-10-12-29(13-11-28)39(51)16-17-40(52)49-20-18-48(19-21-49)38-15-14-30(22-37(38)44)50-25-31(23-45)57-43(50)55/h5-18,25,30,34,39H,19-24,26-29H2,1-4H3,(H,50,58)(H,51,59)(H,52,60);2-15,22,27,31,36H,16-21,23-26,45H2,1H3,(H,46,53)(H,47,54)/t30?,34-;27?,31-/m00/s1. The first-order valence-electron chi connectivity index (χ1n) is 40.5. The van der Waals surface area contributed by atoms with Gasteiger partial charge in [-0.05, 0) is 127 Å². The van der Waals surface area contributed by atoms with Gasteiger partial charge in [0.25, 0.3) is 0 Å². The van der Waals surface area contributed by atoms with Crippen molar-refractivity contribution < 1.29 is 85.2 Å². The van der Waals surface area contributed by atoms with Gasteiger partial charge in [0.1, 0.15) is 54.7 Å². The van der Waals surface area contributed by atoms with Gasteiger partial charge in [0.2, 0.25) is 23.6 Å². The zero-order valence-electron chi connectivity index (χ0n) is 68.0. The quantitative estimate of drug-likeness (QED) is 0.0206. The van der Waals surface area contributed by atoms with Gasteiger partial charge in [-0.3, -0.25) is 38.6 Å². The van der Waals surface area contributed by atoms with E-state index in [9.17, 15) is 52.7 Å². The lowest BCUT2D eigenvalue weighted by atomic mass is 9.98. The van der Waals surface area contributed by atoms with Gasteiger partial charge in [0.05, 0.1) is 42.4 Å². The van der Waals surface area contributed by atoms with Crippen LogP contribution in [0.3, 0.4) is 0 Å². The summed E-state index contributed by atoms with van der Waals surface area (Å²) in [6, 6.07) is 53.1. The Labute approximate surface area is 699 Å². The largest absolute Gasteiger partial charge is 0.449 e. The molecular formula is C91H98F2N12O16. The molecule has 8 aromatic rings. The van der Waals surface area contributed by atoms with Gasteiger partial charge in [-0.15, -0.1) is 0 Å². The molecule has 4 fully saturated rings. The van der Waals surface area contributed by atoms with Crippen molar-refractivity contribution in [2.75, 3.05) is 111 Å². The highest BCUT2D eigenvalue weighted by Crippen LogP contribution is 2.46. The van der Waals surface area contributed by atoms with Crippen LogP contribution in [-0.4, -0.2) is 197 Å². The number of nitrogens with two attached hydrogens (primary N) is 1. The van der Waals surface area contributed by atoms with Crippen molar-refractivity contribution in [1.29, 1.82) is 0 Å². The molecule has 2 unspecified atom stereocenters. The van der Waals surface area contributed by atoms with Gasteiger partial charge in [-0.1, -0.05) is 146 Å². The van der Waals surface area contributed by atoms with E-state index in [1.54, 1.807) is 117 Å². The third-order valence-corrected chi connectivity index (χ3v) is 22.1. The number of alkyl carbamates (subject to hydrolysis) is 3. The number of rotatable bonds is 27. The molecule has 0 aromatic heterocycles. The van der Waals surface area contributed by atoms with Crippen LogP contribution in [0.25, 0.3) is 22.3 Å². The summed E-state index contributed by atoms with van der Waals surface area (Å²) in [5.41, 5.74) is 17.6. The Morgan fingerprint density at radius 1 is 0.463 bits per heavy atom. The minimum absolute atomic E-state index is 0.0150. The molecule has 632 valence electrons. The molecule has 0 spiro atoms. The summed E-state index contributed by atoms with van der Waals surface area (Å²) < 4.78 is 57.4. The van der Waals surface area contributed by atoms with Gasteiger partial charge < -0.3 is 75.6 Å². The second kappa shape index (κ2) is 38.6. The van der Waals surface area contributed by atoms with E-state index in [2.05, 4.69) is 50.8 Å². The van der Waals surface area contributed by atoms with Crippen molar-refractivity contribution in [3.05, 3.63) is 238 Å². The second-order valence-corrected chi connectivity index (χ2v) is 31.4. The number of hydrogen-bond acceptors (Lipinski definition) is 19. The Morgan fingerprint density at radius 3 is 1.18 bits per heavy atom. The van der Waals surface area contributed by atoms with E-state index in [-0.39, 0.29) is 113 Å². The van der Waals surface area contributed by atoms with Crippen molar-refractivity contribution >= 4 is 88.4 Å². The topological polar surface area (TPSA) is 340 Å². The fourth-order valence-electron chi connectivity index (χ4n) is 15.6. The average molecular weight is 1650 g/mol. The normalized spacial score (nSPS) is 16.5. The summed E-state index contributed by atoms with van der Waals surface area (Å²) in [7, 11) is 0. The number of anilines is 4. The summed E-state index contributed by atoms with van der Waals surface area (Å²) in [5.74, 6) is -2.69. The molecule has 0 saturated carbocycles. The number of nitrogens with one attached hydrogen (secondary N) is 5. The first-order chi connectivity index (χ1) is 58.2. The zero-order valence-corrected chi connectivity index (χ0v) is 68.0. The molecule has 9 amide bonds. The van der Waals surface area contributed by atoms with E-state index in [4.69, 9.17) is 29.4 Å². The number of fused-ring (bicyclic) bond motifs is 6. The number of carbonyl (C=O) groups is 11. The maximum atomic E-state index is 15.4. The molecule has 8 aromatic carbocycles. The van der Waals surface area contributed by atoms with Crippen LogP contribution in [0, 0.1) is 11.6 Å². The van der Waals surface area contributed by atoms with Gasteiger partial charge in [-0.2, -0.15) is 0 Å². The van der Waals surface area contributed by atoms with Crippen molar-refractivity contribution in [1.82, 2.24) is 36.4 Å². The van der Waals surface area contributed by atoms with Crippen molar-refractivity contribution in [3.63, 3.8) is 0 Å². The first-order valence-corrected chi connectivity index (χ1v) is 40.5. The molecule has 4 saturated heterocycles. The summed E-state index contributed by atoms with van der Waals surface area (Å²) in [4.78, 5) is 149. The SMILES string of the molecule is CC(NC(=O)OCC1c2ccccc2-c2ccccc21)C(=O)NCc1ccc(C(=O)CCC(=O)N2CCN(c3ccc(N4C[C@H](CN)OC4=O)cc3F)CC2)cc1.CC(NC(=O)OCC1c2ccccc2-c2ccccc21)C(=O)NCc1ccc(C(=O)CCC(=O)N2CCN(c3ccc(N4C[C@H](CNC(=O)OC(C)(C)C)OC4=O)cc3F)CC2)cc1. The van der Waals surface area contributed by atoms with E-state index >= 15 is 8.78 Å². The summed E-state index contributed by atoms with van der Waals surface area (Å²) in [6.07, 6.45) is -4.16. The predicted octanol–water partition coefficient (Wildman–Crippen LogP) is 11.5. The maximum absolute atomic E-state index is 15.4. The van der Waals surface area contributed by atoms with Crippen molar-refractivity contribution in [2.24, 2.45) is 5.73 Å². The van der Waals surface area contributed by atoms with Crippen LogP contribution >= 0.6 is 0 Å². The van der Waals surface area contributed by atoms with Crippen LogP contribution in [0.15, 0.2) is 182 Å².